The first kappa shape index (κ1) is 28.9. The van der Waals surface area contributed by atoms with E-state index >= 15 is 0 Å². The standard InChI is InChI=1S/C28H30F4N4O4/c1-3-15(2)22(35-26(40)33-14-16-7-9-17(29)10-8-16)24(37)36-27(25(38)39)12-11-21-19(13-27)18-5-4-6-20(23(18)34-21)28(30,31)32/h4-10,15,22,34H,3,11-14H2,1-2H3,(H,36,37)(H,38,39)(H2,33,35,40)/t15?,22-,27?/m0/s1. The third-order valence-electron chi connectivity index (χ3n) is 7.54. The number of alkyl halides is 3. The highest BCUT2D eigenvalue weighted by atomic mass is 19.4. The highest BCUT2D eigenvalue weighted by Gasteiger charge is 2.46. The minimum Gasteiger partial charge on any atom is -0.479 e. The fourth-order valence-electron chi connectivity index (χ4n) is 5.04. The van der Waals surface area contributed by atoms with Gasteiger partial charge in [0.05, 0.1) is 11.1 Å². The summed E-state index contributed by atoms with van der Waals surface area (Å²) in [6.07, 6.45) is -4.29. The molecule has 0 fully saturated rings. The van der Waals surface area contributed by atoms with Gasteiger partial charge in [-0.15, -0.1) is 0 Å². The first-order chi connectivity index (χ1) is 18.8. The Bertz CT molecular complexity index is 1420. The number of carboxylic acids is 1. The number of carboxylic acid groups (broad SMARTS) is 1. The molecule has 4 rings (SSSR count). The molecule has 0 aliphatic heterocycles. The van der Waals surface area contributed by atoms with E-state index in [1.54, 1.807) is 6.92 Å². The zero-order valence-corrected chi connectivity index (χ0v) is 21.9. The molecule has 5 N–H and O–H groups in total. The van der Waals surface area contributed by atoms with Gasteiger partial charge in [0.2, 0.25) is 5.91 Å². The molecular weight excluding hydrogens is 532 g/mol. The van der Waals surface area contributed by atoms with Crippen molar-refractivity contribution in [3.63, 3.8) is 0 Å². The minimum absolute atomic E-state index is 0.0563. The molecule has 1 aliphatic carbocycles. The van der Waals surface area contributed by atoms with E-state index in [4.69, 9.17) is 0 Å². The fraction of sp³-hybridized carbons (Fsp3) is 0.393. The number of hydrogen-bond donors (Lipinski definition) is 5. The van der Waals surface area contributed by atoms with Crippen LogP contribution in [0.5, 0.6) is 0 Å². The Balaban J connectivity index is 1.54. The lowest BCUT2D eigenvalue weighted by Gasteiger charge is -2.36. The number of benzene rings is 2. The molecule has 3 atom stereocenters. The fourth-order valence-corrected chi connectivity index (χ4v) is 5.04. The number of amides is 3. The summed E-state index contributed by atoms with van der Waals surface area (Å²) in [6, 6.07) is 7.48. The highest BCUT2D eigenvalue weighted by Crippen LogP contribution is 2.40. The van der Waals surface area contributed by atoms with Crippen LogP contribution in [-0.2, 0) is 35.2 Å². The average Bonchev–Trinajstić information content (AvgIpc) is 3.28. The Morgan fingerprint density at radius 1 is 1.12 bits per heavy atom. The number of carbonyl (C=O) groups is 3. The summed E-state index contributed by atoms with van der Waals surface area (Å²) in [7, 11) is 0. The largest absolute Gasteiger partial charge is 0.479 e. The monoisotopic (exact) mass is 562 g/mol. The van der Waals surface area contributed by atoms with Crippen LogP contribution in [0.3, 0.4) is 0 Å². The van der Waals surface area contributed by atoms with E-state index in [0.717, 1.165) is 6.07 Å². The van der Waals surface area contributed by atoms with Crippen molar-refractivity contribution >= 4 is 28.8 Å². The molecular formula is C28H30F4N4O4. The number of urea groups is 1. The number of fused-ring (bicyclic) bond motifs is 3. The van der Waals surface area contributed by atoms with Gasteiger partial charge in [-0.1, -0.05) is 44.5 Å². The normalized spacial score (nSPS) is 18.4. The van der Waals surface area contributed by atoms with Crippen molar-refractivity contribution in [3.05, 3.63) is 70.7 Å². The Morgan fingerprint density at radius 3 is 2.45 bits per heavy atom. The van der Waals surface area contributed by atoms with E-state index in [1.165, 1.54) is 36.4 Å². The lowest BCUT2D eigenvalue weighted by molar-refractivity contribution is -0.148. The van der Waals surface area contributed by atoms with Gasteiger partial charge < -0.3 is 26.0 Å². The van der Waals surface area contributed by atoms with Gasteiger partial charge in [-0.05, 0) is 48.1 Å². The van der Waals surface area contributed by atoms with Crippen molar-refractivity contribution in [2.24, 2.45) is 5.92 Å². The molecule has 8 nitrogen and oxygen atoms in total. The number of halogens is 4. The molecule has 2 aromatic carbocycles. The second-order valence-corrected chi connectivity index (χ2v) is 10.2. The molecule has 214 valence electrons. The molecule has 1 aliphatic rings. The predicted octanol–water partition coefficient (Wildman–Crippen LogP) is 4.67. The van der Waals surface area contributed by atoms with Crippen LogP contribution in [0.1, 0.15) is 49.1 Å². The van der Waals surface area contributed by atoms with E-state index in [0.29, 0.717) is 23.2 Å². The molecule has 0 spiro atoms. The van der Waals surface area contributed by atoms with Crippen molar-refractivity contribution in [2.45, 2.75) is 63.8 Å². The molecule has 2 unspecified atom stereocenters. The van der Waals surface area contributed by atoms with E-state index in [-0.39, 0.29) is 42.6 Å². The van der Waals surface area contributed by atoms with Crippen LogP contribution in [-0.4, -0.2) is 39.6 Å². The summed E-state index contributed by atoms with van der Waals surface area (Å²) in [5, 5.41) is 18.3. The first-order valence-electron chi connectivity index (χ1n) is 12.9. The number of rotatable bonds is 8. The Kier molecular flexibility index (Phi) is 8.08. The van der Waals surface area contributed by atoms with Crippen LogP contribution in [0.25, 0.3) is 10.9 Å². The summed E-state index contributed by atoms with van der Waals surface area (Å²) in [5.74, 6) is -2.83. The number of nitrogens with one attached hydrogen (secondary N) is 4. The van der Waals surface area contributed by atoms with Crippen molar-refractivity contribution < 1.29 is 37.1 Å². The van der Waals surface area contributed by atoms with Crippen LogP contribution >= 0.6 is 0 Å². The number of hydrogen-bond acceptors (Lipinski definition) is 3. The summed E-state index contributed by atoms with van der Waals surface area (Å²) in [5.41, 5.74) is -1.22. The second-order valence-electron chi connectivity index (χ2n) is 10.2. The van der Waals surface area contributed by atoms with Crippen LogP contribution in [0.15, 0.2) is 42.5 Å². The second kappa shape index (κ2) is 11.2. The van der Waals surface area contributed by atoms with Gasteiger partial charge in [0.25, 0.3) is 0 Å². The smallest absolute Gasteiger partial charge is 0.418 e. The Morgan fingerprint density at radius 2 is 1.82 bits per heavy atom. The zero-order chi connectivity index (χ0) is 29.2. The molecule has 0 saturated carbocycles. The van der Waals surface area contributed by atoms with Gasteiger partial charge in [0, 0.05) is 24.0 Å². The Hall–Kier alpha value is -4.09. The number of para-hydroxylation sites is 1. The number of carbonyl (C=O) groups excluding carboxylic acids is 2. The maximum atomic E-state index is 13.6. The topological polar surface area (TPSA) is 123 Å². The molecule has 3 amide bonds. The third kappa shape index (κ3) is 5.90. The number of aryl methyl sites for hydroxylation is 1. The lowest BCUT2D eigenvalue weighted by Crippen LogP contribution is -2.63. The number of aliphatic carboxylic acids is 1. The van der Waals surface area contributed by atoms with Crippen molar-refractivity contribution in [3.8, 4) is 0 Å². The van der Waals surface area contributed by atoms with Crippen molar-refractivity contribution in [1.82, 2.24) is 20.9 Å². The van der Waals surface area contributed by atoms with Gasteiger partial charge in [-0.3, -0.25) is 4.79 Å². The summed E-state index contributed by atoms with van der Waals surface area (Å²) in [4.78, 5) is 41.4. The van der Waals surface area contributed by atoms with Crippen LogP contribution in [0.2, 0.25) is 0 Å². The number of H-pyrrole nitrogens is 1. The van der Waals surface area contributed by atoms with Gasteiger partial charge in [-0.25, -0.2) is 14.0 Å². The van der Waals surface area contributed by atoms with Crippen molar-refractivity contribution in [1.29, 1.82) is 0 Å². The van der Waals surface area contributed by atoms with Crippen LogP contribution < -0.4 is 16.0 Å². The lowest BCUT2D eigenvalue weighted by atomic mass is 9.79. The van der Waals surface area contributed by atoms with E-state index in [9.17, 15) is 37.1 Å². The molecule has 12 heteroatoms. The van der Waals surface area contributed by atoms with E-state index < -0.39 is 47.0 Å². The molecule has 40 heavy (non-hydrogen) atoms. The number of aromatic amines is 1. The summed E-state index contributed by atoms with van der Waals surface area (Å²) in [6.45, 7) is 3.62. The van der Waals surface area contributed by atoms with Gasteiger partial charge in [0.1, 0.15) is 17.4 Å². The molecule has 3 aromatic rings. The zero-order valence-electron chi connectivity index (χ0n) is 21.9. The third-order valence-corrected chi connectivity index (χ3v) is 7.54. The maximum absolute atomic E-state index is 13.6. The summed E-state index contributed by atoms with van der Waals surface area (Å²) >= 11 is 0. The van der Waals surface area contributed by atoms with Gasteiger partial charge in [-0.2, -0.15) is 13.2 Å². The average molecular weight is 563 g/mol. The van der Waals surface area contributed by atoms with Crippen LogP contribution in [0, 0.1) is 11.7 Å². The van der Waals surface area contributed by atoms with Gasteiger partial charge >= 0.3 is 18.2 Å². The predicted molar refractivity (Wildman–Crippen MR) is 139 cm³/mol. The first-order valence-corrected chi connectivity index (χ1v) is 12.9. The minimum atomic E-state index is -4.60. The summed E-state index contributed by atoms with van der Waals surface area (Å²) < 4.78 is 53.9. The number of aromatic nitrogens is 1. The molecule has 1 heterocycles. The maximum Gasteiger partial charge on any atom is 0.418 e. The van der Waals surface area contributed by atoms with Crippen LogP contribution in [0.4, 0.5) is 22.4 Å². The van der Waals surface area contributed by atoms with Crippen molar-refractivity contribution in [2.75, 3.05) is 0 Å². The molecule has 0 bridgehead atoms. The highest BCUT2D eigenvalue weighted by molar-refractivity contribution is 5.94. The Labute approximate surface area is 227 Å². The molecule has 0 radical (unpaired) electrons. The quantitative estimate of drug-likeness (QED) is 0.256. The van der Waals surface area contributed by atoms with E-state index in [2.05, 4.69) is 20.9 Å². The molecule has 0 saturated heterocycles. The van der Waals surface area contributed by atoms with Gasteiger partial charge in [0.15, 0.2) is 0 Å². The van der Waals surface area contributed by atoms with E-state index in [1.807, 2.05) is 6.92 Å². The SMILES string of the molecule is CCC(C)[C@H](NC(=O)NCc1ccc(F)cc1)C(=O)NC1(C(=O)O)CCc2[nH]c3c(C(F)(F)F)cccc3c2C1. The molecule has 1 aromatic heterocycles.